The maximum atomic E-state index is 11.7. The second-order valence-corrected chi connectivity index (χ2v) is 7.80. The van der Waals surface area contributed by atoms with Crippen molar-refractivity contribution in [3.05, 3.63) is 27.8 Å². The van der Waals surface area contributed by atoms with Crippen LogP contribution in [0.15, 0.2) is 12.1 Å². The second-order valence-electron chi connectivity index (χ2n) is 6.92. The molecule has 0 aromatic heterocycles. The molecule has 10 nitrogen and oxygen atoms in total. The molecule has 0 bridgehead atoms. The SMILES string of the molecule is O=C(O)c1cc([N+](=O)[O-])c(N[SH4]OOCCO)cc1N1CCC2(CC1)CC2. The molecule has 2 aliphatic rings. The monoisotopic (exact) mass is 403 g/mol. The van der Waals surface area contributed by atoms with Gasteiger partial charge in [0.2, 0.25) is 0 Å². The number of anilines is 2. The highest BCUT2D eigenvalue weighted by Crippen LogP contribution is 2.54. The lowest BCUT2D eigenvalue weighted by Gasteiger charge is -2.34. The summed E-state index contributed by atoms with van der Waals surface area (Å²) >= 11 is -1.50. The van der Waals surface area contributed by atoms with E-state index in [1.807, 2.05) is 4.90 Å². The van der Waals surface area contributed by atoms with Gasteiger partial charge in [-0.15, -0.1) is 0 Å². The molecule has 1 aromatic carbocycles. The predicted octanol–water partition coefficient (Wildman–Crippen LogP) is 1.52. The van der Waals surface area contributed by atoms with Crippen LogP contribution in [0, 0.1) is 15.5 Å². The number of hydrogen-bond acceptors (Lipinski definition) is 8. The van der Waals surface area contributed by atoms with Gasteiger partial charge in [-0.25, -0.2) is 9.68 Å². The Morgan fingerprint density at radius 2 is 2.04 bits per heavy atom. The van der Waals surface area contributed by atoms with Crippen molar-refractivity contribution in [2.45, 2.75) is 25.7 Å². The number of piperidine rings is 1. The molecule has 152 valence electrons. The molecule has 2 fully saturated rings. The maximum Gasteiger partial charge on any atom is 0.338 e. The minimum atomic E-state index is -1.50. The van der Waals surface area contributed by atoms with E-state index in [1.54, 1.807) is 0 Å². The number of nitrogens with zero attached hydrogens (tertiary/aromatic N) is 2. The summed E-state index contributed by atoms with van der Waals surface area (Å²) in [6.45, 7) is 1.30. The molecule has 3 N–H and O–H groups in total. The van der Waals surface area contributed by atoms with Crippen LogP contribution in [0.5, 0.6) is 0 Å². The van der Waals surface area contributed by atoms with Gasteiger partial charge >= 0.3 is 5.97 Å². The van der Waals surface area contributed by atoms with Gasteiger partial charge in [-0.1, -0.05) is 0 Å². The van der Waals surface area contributed by atoms with E-state index in [9.17, 15) is 20.0 Å². The third kappa shape index (κ3) is 4.61. The quantitative estimate of drug-likeness (QED) is 0.243. The largest absolute Gasteiger partial charge is 0.478 e. The zero-order chi connectivity index (χ0) is 19.4. The molecule has 11 heteroatoms. The fourth-order valence-electron chi connectivity index (χ4n) is 3.45. The molecule has 1 spiro atoms. The average Bonchev–Trinajstić information content (AvgIpc) is 3.40. The highest BCUT2D eigenvalue weighted by Gasteiger charge is 2.44. The third-order valence-corrected chi connectivity index (χ3v) is 6.05. The average molecular weight is 403 g/mol. The van der Waals surface area contributed by atoms with E-state index in [4.69, 9.17) is 14.3 Å². The Morgan fingerprint density at radius 1 is 1.33 bits per heavy atom. The Balaban J connectivity index is 1.82. The summed E-state index contributed by atoms with van der Waals surface area (Å²) in [5.74, 6) is -1.19. The van der Waals surface area contributed by atoms with Crippen LogP contribution in [-0.4, -0.2) is 47.4 Å². The number of aliphatic hydroxyl groups excluding tert-OH is 1. The molecule has 0 radical (unpaired) electrons. The van der Waals surface area contributed by atoms with Crippen molar-refractivity contribution in [3.63, 3.8) is 0 Å². The van der Waals surface area contributed by atoms with Crippen LogP contribution in [0.25, 0.3) is 0 Å². The highest BCUT2D eigenvalue weighted by atomic mass is 32.2. The lowest BCUT2D eigenvalue weighted by atomic mass is 9.93. The number of nitrogens with one attached hydrogen (secondary N) is 1. The summed E-state index contributed by atoms with van der Waals surface area (Å²) in [5.41, 5.74) is 0.748. The van der Waals surface area contributed by atoms with Gasteiger partial charge in [-0.2, -0.15) is 16.6 Å². The number of nitro benzene ring substituents is 1. The molecule has 27 heavy (non-hydrogen) atoms. The fraction of sp³-hybridized carbons (Fsp3) is 0.562. The molecule has 1 saturated carbocycles. The molecule has 1 aliphatic carbocycles. The Labute approximate surface area is 159 Å². The van der Waals surface area contributed by atoms with E-state index < -0.39 is 23.1 Å². The van der Waals surface area contributed by atoms with Crippen molar-refractivity contribution in [3.8, 4) is 0 Å². The molecule has 1 heterocycles. The molecular formula is C16H25N3O7S. The van der Waals surface area contributed by atoms with E-state index in [0.29, 0.717) is 11.1 Å². The standard InChI is InChI=1S/C16H25N3O7S/c20-7-8-25-26-27-17-12-10-13(11(15(21)22)9-14(12)19(23)24)18-5-3-16(1-2-16)4-6-18/h9-10,17,20H,1-8H2,27H4,(H,21,22). The van der Waals surface area contributed by atoms with Crippen LogP contribution >= 0.6 is 12.2 Å². The molecule has 0 atom stereocenters. The van der Waals surface area contributed by atoms with Crippen molar-refractivity contribution in [2.24, 2.45) is 5.41 Å². The summed E-state index contributed by atoms with van der Waals surface area (Å²) in [6.07, 6.45) is 4.49. The molecule has 3 rings (SSSR count). The molecule has 0 amide bonds. The van der Waals surface area contributed by atoms with E-state index in [1.165, 1.54) is 18.9 Å². The Hall–Kier alpha value is -2.08. The van der Waals surface area contributed by atoms with Crippen LogP contribution in [-0.2, 0) is 9.22 Å². The molecule has 0 unspecified atom stereocenters. The lowest BCUT2D eigenvalue weighted by Crippen LogP contribution is -2.35. The molecule has 1 aliphatic heterocycles. The minimum Gasteiger partial charge on any atom is -0.478 e. The van der Waals surface area contributed by atoms with Gasteiger partial charge in [0.15, 0.2) is 0 Å². The van der Waals surface area contributed by atoms with Crippen molar-refractivity contribution in [2.75, 3.05) is 35.9 Å². The third-order valence-electron chi connectivity index (χ3n) is 5.24. The minimum absolute atomic E-state index is 0.00943. The van der Waals surface area contributed by atoms with Gasteiger partial charge in [-0.3, -0.25) is 10.1 Å². The van der Waals surface area contributed by atoms with Gasteiger partial charge < -0.3 is 19.8 Å². The van der Waals surface area contributed by atoms with Crippen molar-refractivity contribution in [1.82, 2.24) is 0 Å². The molecule has 1 saturated heterocycles. The number of rotatable bonds is 9. The van der Waals surface area contributed by atoms with Crippen molar-refractivity contribution >= 4 is 35.3 Å². The van der Waals surface area contributed by atoms with Crippen LogP contribution in [0.4, 0.5) is 17.1 Å². The number of benzene rings is 1. The topological polar surface area (TPSA) is 134 Å². The van der Waals surface area contributed by atoms with Gasteiger partial charge in [0.05, 0.1) is 22.8 Å². The van der Waals surface area contributed by atoms with Crippen molar-refractivity contribution < 1.29 is 29.2 Å². The molecule has 1 aromatic rings. The van der Waals surface area contributed by atoms with Crippen LogP contribution < -0.4 is 9.62 Å². The summed E-state index contributed by atoms with van der Waals surface area (Å²) in [5, 5.41) is 29.6. The lowest BCUT2D eigenvalue weighted by molar-refractivity contribution is -0.383. The normalized spacial score (nSPS) is 17.9. The van der Waals surface area contributed by atoms with E-state index in [-0.39, 0.29) is 30.2 Å². The summed E-state index contributed by atoms with van der Waals surface area (Å²) < 4.78 is 7.80. The van der Waals surface area contributed by atoms with Gasteiger partial charge in [-0.05, 0) is 37.2 Å². The smallest absolute Gasteiger partial charge is 0.338 e. The molecular weight excluding hydrogens is 378 g/mol. The number of aromatic carboxylic acids is 1. The highest BCUT2D eigenvalue weighted by molar-refractivity contribution is 7.95. The zero-order valence-electron chi connectivity index (χ0n) is 14.8. The van der Waals surface area contributed by atoms with E-state index in [0.717, 1.165) is 32.0 Å². The van der Waals surface area contributed by atoms with Gasteiger partial charge in [0.25, 0.3) is 5.69 Å². The van der Waals surface area contributed by atoms with E-state index >= 15 is 0 Å². The number of carboxylic acids is 1. The zero-order valence-corrected chi connectivity index (χ0v) is 16.3. The first-order valence-corrected chi connectivity index (χ1v) is 10.1. The predicted molar refractivity (Wildman–Crippen MR) is 104 cm³/mol. The first-order valence-electron chi connectivity index (χ1n) is 8.86. The first kappa shape index (κ1) is 19.7. The number of carboxylic acid groups (broad SMARTS) is 1. The Morgan fingerprint density at radius 3 is 2.59 bits per heavy atom. The maximum absolute atomic E-state index is 11.7. The van der Waals surface area contributed by atoms with Gasteiger partial charge in [0.1, 0.15) is 12.3 Å². The van der Waals surface area contributed by atoms with Crippen molar-refractivity contribution in [1.29, 1.82) is 0 Å². The van der Waals surface area contributed by atoms with Crippen LogP contribution in [0.2, 0.25) is 0 Å². The number of carbonyl (C=O) groups is 1. The van der Waals surface area contributed by atoms with Crippen LogP contribution in [0.1, 0.15) is 36.0 Å². The fourth-order valence-corrected chi connectivity index (χ4v) is 4.15. The Kier molecular flexibility index (Phi) is 6.05. The first-order chi connectivity index (χ1) is 13.0. The van der Waals surface area contributed by atoms with Crippen LogP contribution in [0.3, 0.4) is 0 Å². The number of hydrogen-bond donors (Lipinski definition) is 3. The Bertz CT molecular complexity index is 716. The summed E-state index contributed by atoms with van der Waals surface area (Å²) in [7, 11) is 0. The summed E-state index contributed by atoms with van der Waals surface area (Å²) in [6, 6.07) is 2.62. The van der Waals surface area contributed by atoms with Gasteiger partial charge in [0, 0.05) is 19.2 Å². The second kappa shape index (κ2) is 8.30. The number of aliphatic hydroxyl groups is 1. The number of nitro groups is 1. The summed E-state index contributed by atoms with van der Waals surface area (Å²) in [4.78, 5) is 29.2. The van der Waals surface area contributed by atoms with E-state index in [2.05, 4.69) is 4.72 Å².